The molecule has 1 aliphatic rings. The van der Waals surface area contributed by atoms with Crippen LogP contribution in [0.3, 0.4) is 0 Å². The maximum absolute atomic E-state index is 11.5. The molecule has 0 saturated carbocycles. The van der Waals surface area contributed by atoms with Gasteiger partial charge in [-0.2, -0.15) is 0 Å². The molecular formula is C10H10N2O4. The number of aliphatic carboxylic acids is 1. The molecule has 0 radical (unpaired) electrons. The zero-order valence-corrected chi connectivity index (χ0v) is 8.37. The topological polar surface area (TPSA) is 79.7 Å². The Morgan fingerprint density at radius 2 is 2.44 bits per heavy atom. The number of carboxylic acid groups (broad SMARTS) is 1. The molecule has 84 valence electrons. The van der Waals surface area contributed by atoms with Crippen LogP contribution in [-0.2, 0) is 14.3 Å². The molecule has 1 aromatic rings. The van der Waals surface area contributed by atoms with E-state index in [1.165, 1.54) is 11.1 Å². The number of hydrogen-bond acceptors (Lipinski definition) is 4. The standard InChI is InChI=1S/C10H10N2O4/c13-9-6-16-8(10(14)15)5-12(9)7-2-1-3-11-4-7/h1-4,8H,5-6H2,(H,14,15). The summed E-state index contributed by atoms with van der Waals surface area (Å²) in [6.07, 6.45) is 2.13. The largest absolute Gasteiger partial charge is 0.479 e. The fourth-order valence-electron chi connectivity index (χ4n) is 1.48. The fraction of sp³-hybridized carbons (Fsp3) is 0.300. The van der Waals surface area contributed by atoms with E-state index < -0.39 is 12.1 Å². The summed E-state index contributed by atoms with van der Waals surface area (Å²) >= 11 is 0. The number of anilines is 1. The van der Waals surface area contributed by atoms with Gasteiger partial charge in [-0.1, -0.05) is 0 Å². The first kappa shape index (κ1) is 10.6. The van der Waals surface area contributed by atoms with Crippen molar-refractivity contribution in [3.05, 3.63) is 24.5 Å². The van der Waals surface area contributed by atoms with Crippen molar-refractivity contribution in [2.24, 2.45) is 0 Å². The minimum absolute atomic E-state index is 0.0137. The molecule has 1 N–H and O–H groups in total. The summed E-state index contributed by atoms with van der Waals surface area (Å²) in [5.41, 5.74) is 0.585. The van der Waals surface area contributed by atoms with Crippen molar-refractivity contribution in [3.8, 4) is 0 Å². The van der Waals surface area contributed by atoms with Gasteiger partial charge in [0.25, 0.3) is 5.91 Å². The van der Waals surface area contributed by atoms with Gasteiger partial charge in [0.05, 0.1) is 18.4 Å². The van der Waals surface area contributed by atoms with Crippen LogP contribution >= 0.6 is 0 Å². The summed E-state index contributed by atoms with van der Waals surface area (Å²) in [7, 11) is 0. The number of morpholine rings is 1. The van der Waals surface area contributed by atoms with Crippen molar-refractivity contribution < 1.29 is 19.4 Å². The number of rotatable bonds is 2. The SMILES string of the molecule is O=C(O)C1CN(c2cccnc2)C(=O)CO1. The lowest BCUT2D eigenvalue weighted by molar-refractivity contribution is -0.154. The van der Waals surface area contributed by atoms with E-state index in [9.17, 15) is 9.59 Å². The van der Waals surface area contributed by atoms with Gasteiger partial charge in [-0.15, -0.1) is 0 Å². The van der Waals surface area contributed by atoms with Gasteiger partial charge in [0, 0.05) is 6.20 Å². The zero-order chi connectivity index (χ0) is 11.5. The Bertz CT molecular complexity index is 407. The molecule has 1 fully saturated rings. The van der Waals surface area contributed by atoms with E-state index in [0.29, 0.717) is 5.69 Å². The normalized spacial score (nSPS) is 20.9. The van der Waals surface area contributed by atoms with Crippen LogP contribution in [0.2, 0.25) is 0 Å². The number of amides is 1. The van der Waals surface area contributed by atoms with Gasteiger partial charge in [-0.25, -0.2) is 4.79 Å². The lowest BCUT2D eigenvalue weighted by Crippen LogP contribution is -2.49. The lowest BCUT2D eigenvalue weighted by atomic mass is 10.2. The number of carbonyl (C=O) groups is 2. The van der Waals surface area contributed by atoms with Crippen molar-refractivity contribution in [1.82, 2.24) is 4.98 Å². The van der Waals surface area contributed by atoms with Gasteiger partial charge in [-0.3, -0.25) is 9.78 Å². The number of hydrogen-bond donors (Lipinski definition) is 1. The smallest absolute Gasteiger partial charge is 0.334 e. The van der Waals surface area contributed by atoms with Crippen LogP contribution in [0.5, 0.6) is 0 Å². The molecule has 0 aromatic carbocycles. The molecule has 1 aliphatic heterocycles. The average molecular weight is 222 g/mol. The van der Waals surface area contributed by atoms with E-state index in [1.54, 1.807) is 18.3 Å². The summed E-state index contributed by atoms with van der Waals surface area (Å²) in [6.45, 7) is -0.203. The van der Waals surface area contributed by atoms with Crippen LogP contribution in [0.4, 0.5) is 5.69 Å². The Hall–Kier alpha value is -1.95. The number of carbonyl (C=O) groups excluding carboxylic acids is 1. The highest BCUT2D eigenvalue weighted by Crippen LogP contribution is 2.16. The van der Waals surface area contributed by atoms with E-state index >= 15 is 0 Å². The third-order valence-electron chi connectivity index (χ3n) is 2.29. The molecule has 0 spiro atoms. The van der Waals surface area contributed by atoms with Gasteiger partial charge < -0.3 is 14.7 Å². The summed E-state index contributed by atoms with van der Waals surface area (Å²) in [5.74, 6) is -1.33. The molecule has 0 aliphatic carbocycles. The summed E-state index contributed by atoms with van der Waals surface area (Å²) < 4.78 is 4.89. The molecule has 1 saturated heterocycles. The highest BCUT2D eigenvalue weighted by molar-refractivity contribution is 5.96. The van der Waals surface area contributed by atoms with Crippen LogP contribution in [0, 0.1) is 0 Å². The molecule has 1 amide bonds. The number of ether oxygens (including phenoxy) is 1. The second kappa shape index (κ2) is 4.28. The van der Waals surface area contributed by atoms with E-state index in [2.05, 4.69) is 4.98 Å². The molecule has 6 nitrogen and oxygen atoms in total. The van der Waals surface area contributed by atoms with Crippen molar-refractivity contribution in [3.63, 3.8) is 0 Å². The van der Waals surface area contributed by atoms with E-state index in [1.807, 2.05) is 0 Å². The Morgan fingerprint density at radius 3 is 3.06 bits per heavy atom. The minimum Gasteiger partial charge on any atom is -0.479 e. The maximum Gasteiger partial charge on any atom is 0.334 e. The molecular weight excluding hydrogens is 212 g/mol. The molecule has 16 heavy (non-hydrogen) atoms. The van der Waals surface area contributed by atoms with E-state index in [0.717, 1.165) is 0 Å². The third kappa shape index (κ3) is 2.01. The first-order valence-corrected chi connectivity index (χ1v) is 4.73. The number of carboxylic acids is 1. The number of pyridine rings is 1. The average Bonchev–Trinajstić information content (AvgIpc) is 2.30. The maximum atomic E-state index is 11.5. The first-order valence-electron chi connectivity index (χ1n) is 4.73. The first-order chi connectivity index (χ1) is 7.68. The molecule has 1 atom stereocenters. The van der Waals surface area contributed by atoms with Gasteiger partial charge in [0.2, 0.25) is 0 Å². The van der Waals surface area contributed by atoms with Crippen LogP contribution in [-0.4, -0.2) is 41.2 Å². The Morgan fingerprint density at radius 1 is 1.62 bits per heavy atom. The van der Waals surface area contributed by atoms with Gasteiger partial charge in [0.15, 0.2) is 6.10 Å². The molecule has 6 heteroatoms. The Kier molecular flexibility index (Phi) is 2.82. The highest BCUT2D eigenvalue weighted by Gasteiger charge is 2.31. The van der Waals surface area contributed by atoms with Gasteiger partial charge in [-0.05, 0) is 12.1 Å². The van der Waals surface area contributed by atoms with E-state index in [-0.39, 0.29) is 19.1 Å². The van der Waals surface area contributed by atoms with E-state index in [4.69, 9.17) is 9.84 Å². The molecule has 2 heterocycles. The van der Waals surface area contributed by atoms with Crippen LogP contribution in [0.25, 0.3) is 0 Å². The second-order valence-electron chi connectivity index (χ2n) is 3.35. The number of nitrogens with zero attached hydrogens (tertiary/aromatic N) is 2. The van der Waals surface area contributed by atoms with Gasteiger partial charge in [0.1, 0.15) is 6.61 Å². The van der Waals surface area contributed by atoms with Crippen molar-refractivity contribution in [2.75, 3.05) is 18.1 Å². The van der Waals surface area contributed by atoms with Crippen molar-refractivity contribution in [1.29, 1.82) is 0 Å². The van der Waals surface area contributed by atoms with Crippen LogP contribution in [0.1, 0.15) is 0 Å². The molecule has 2 rings (SSSR count). The monoisotopic (exact) mass is 222 g/mol. The molecule has 0 bridgehead atoms. The van der Waals surface area contributed by atoms with Gasteiger partial charge >= 0.3 is 5.97 Å². The predicted molar refractivity (Wildman–Crippen MR) is 54.0 cm³/mol. The summed E-state index contributed by atoms with van der Waals surface area (Å²) in [6, 6.07) is 3.39. The van der Waals surface area contributed by atoms with Crippen molar-refractivity contribution >= 4 is 17.6 Å². The number of aromatic nitrogens is 1. The minimum atomic E-state index is -1.07. The van der Waals surface area contributed by atoms with Crippen LogP contribution < -0.4 is 4.90 Å². The third-order valence-corrected chi connectivity index (χ3v) is 2.29. The van der Waals surface area contributed by atoms with Crippen LogP contribution in [0.15, 0.2) is 24.5 Å². The zero-order valence-electron chi connectivity index (χ0n) is 8.37. The Labute approximate surface area is 91.5 Å². The van der Waals surface area contributed by atoms with Crippen molar-refractivity contribution in [2.45, 2.75) is 6.10 Å². The highest BCUT2D eigenvalue weighted by atomic mass is 16.5. The quantitative estimate of drug-likeness (QED) is 0.755. The molecule has 1 unspecified atom stereocenters. The lowest BCUT2D eigenvalue weighted by Gasteiger charge is -2.30. The molecule has 1 aromatic heterocycles. The predicted octanol–water partition coefficient (Wildman–Crippen LogP) is -0.102. The Balaban J connectivity index is 2.19. The summed E-state index contributed by atoms with van der Waals surface area (Å²) in [5, 5.41) is 8.81. The fourth-order valence-corrected chi connectivity index (χ4v) is 1.48. The second-order valence-corrected chi connectivity index (χ2v) is 3.35. The summed E-state index contributed by atoms with van der Waals surface area (Å²) in [4.78, 5) is 27.6.